The van der Waals surface area contributed by atoms with Gasteiger partial charge in [0, 0.05) is 32.6 Å². The van der Waals surface area contributed by atoms with Crippen molar-refractivity contribution in [2.75, 3.05) is 26.7 Å². The second-order valence-electron chi connectivity index (χ2n) is 6.88. The minimum absolute atomic E-state index is 0.161. The molecule has 0 radical (unpaired) electrons. The first-order valence-corrected chi connectivity index (χ1v) is 9.85. The largest absolute Gasteiger partial charge is 0.416 e. The molecule has 1 fully saturated rings. The summed E-state index contributed by atoms with van der Waals surface area (Å²) in [6.07, 6.45) is -4.46. The van der Waals surface area contributed by atoms with Crippen LogP contribution in [0.3, 0.4) is 0 Å². The number of hydrogen-bond acceptors (Lipinski definition) is 3. The number of halogens is 3. The smallest absolute Gasteiger partial charge is 0.346 e. The lowest BCUT2D eigenvalue weighted by Gasteiger charge is -2.23. The third-order valence-corrected chi connectivity index (χ3v) is 6.01. The molecular weight excluding hydrogens is 389 g/mol. The van der Waals surface area contributed by atoms with Gasteiger partial charge in [0.2, 0.25) is 5.91 Å². The maximum atomic E-state index is 13.1. The highest BCUT2D eigenvalue weighted by atomic mass is 32.1. The van der Waals surface area contributed by atoms with E-state index in [1.165, 1.54) is 17.4 Å². The van der Waals surface area contributed by atoms with Gasteiger partial charge in [0.1, 0.15) is 0 Å². The van der Waals surface area contributed by atoms with Crippen LogP contribution in [-0.4, -0.2) is 48.3 Å². The van der Waals surface area contributed by atoms with Crippen molar-refractivity contribution in [1.29, 1.82) is 0 Å². The molecule has 0 aliphatic carbocycles. The summed E-state index contributed by atoms with van der Waals surface area (Å²) >= 11 is 1.31. The second kappa shape index (κ2) is 7.95. The molecule has 2 amide bonds. The molecule has 0 N–H and O–H groups in total. The molecule has 1 aromatic heterocycles. The van der Waals surface area contributed by atoms with Crippen molar-refractivity contribution in [3.05, 3.63) is 57.8 Å². The van der Waals surface area contributed by atoms with Gasteiger partial charge in [-0.25, -0.2) is 0 Å². The Hall–Kier alpha value is -2.35. The summed E-state index contributed by atoms with van der Waals surface area (Å²) in [5.41, 5.74) is -0.317. The van der Waals surface area contributed by atoms with Crippen molar-refractivity contribution in [3.8, 4) is 0 Å². The molecule has 0 saturated carbocycles. The van der Waals surface area contributed by atoms with E-state index >= 15 is 0 Å². The maximum absolute atomic E-state index is 13.1. The molecule has 150 valence electrons. The highest BCUT2D eigenvalue weighted by Crippen LogP contribution is 2.37. The lowest BCUT2D eigenvalue weighted by molar-refractivity contribution is -0.137. The van der Waals surface area contributed by atoms with Crippen LogP contribution >= 0.6 is 11.3 Å². The third-order valence-electron chi connectivity index (χ3n) is 5.15. The predicted molar refractivity (Wildman–Crippen MR) is 101 cm³/mol. The van der Waals surface area contributed by atoms with Gasteiger partial charge in [0.05, 0.1) is 16.4 Å². The van der Waals surface area contributed by atoms with Crippen LogP contribution in [0.1, 0.15) is 33.6 Å². The van der Waals surface area contributed by atoms with Gasteiger partial charge >= 0.3 is 6.18 Å². The quantitative estimate of drug-likeness (QED) is 0.762. The lowest BCUT2D eigenvalue weighted by Crippen LogP contribution is -2.36. The van der Waals surface area contributed by atoms with Gasteiger partial charge in [0.15, 0.2) is 0 Å². The standard InChI is InChI=1S/C20H21F3N2O2S/c1-3-24(2)18(26)16-12-25(19(27)17-8-5-9-28-17)11-15(16)13-6-4-7-14(10-13)20(21,22)23/h4-10,15-16H,3,11-12H2,1-2H3/t15-,16+/m0/s1. The summed E-state index contributed by atoms with van der Waals surface area (Å²) in [6, 6.07) is 8.54. The molecule has 0 spiro atoms. The fourth-order valence-corrected chi connectivity index (χ4v) is 4.19. The Morgan fingerprint density at radius 2 is 1.96 bits per heavy atom. The highest BCUT2D eigenvalue weighted by molar-refractivity contribution is 7.12. The summed E-state index contributed by atoms with van der Waals surface area (Å²) in [6.45, 7) is 2.73. The first kappa shape index (κ1) is 20.4. The van der Waals surface area contributed by atoms with Crippen molar-refractivity contribution < 1.29 is 22.8 Å². The number of carbonyl (C=O) groups excluding carboxylic acids is 2. The molecule has 2 atom stereocenters. The summed E-state index contributed by atoms with van der Waals surface area (Å²) in [4.78, 5) is 29.3. The van der Waals surface area contributed by atoms with Gasteiger partial charge < -0.3 is 9.80 Å². The summed E-state index contributed by atoms with van der Waals surface area (Å²) < 4.78 is 39.4. The van der Waals surface area contributed by atoms with E-state index in [1.54, 1.807) is 40.4 Å². The second-order valence-corrected chi connectivity index (χ2v) is 7.82. The van der Waals surface area contributed by atoms with Crippen LogP contribution in [0.2, 0.25) is 0 Å². The predicted octanol–water partition coefficient (Wildman–Crippen LogP) is 4.10. The molecule has 1 aliphatic heterocycles. The number of amides is 2. The molecule has 8 heteroatoms. The van der Waals surface area contributed by atoms with E-state index in [0.29, 0.717) is 17.0 Å². The van der Waals surface area contributed by atoms with E-state index in [-0.39, 0.29) is 24.9 Å². The van der Waals surface area contributed by atoms with Crippen molar-refractivity contribution in [2.24, 2.45) is 5.92 Å². The van der Waals surface area contributed by atoms with Crippen LogP contribution in [0, 0.1) is 5.92 Å². The van der Waals surface area contributed by atoms with E-state index in [1.807, 2.05) is 6.92 Å². The zero-order valence-corrected chi connectivity index (χ0v) is 16.4. The van der Waals surface area contributed by atoms with Crippen LogP contribution in [0.15, 0.2) is 41.8 Å². The van der Waals surface area contributed by atoms with Crippen molar-refractivity contribution in [3.63, 3.8) is 0 Å². The number of nitrogens with zero attached hydrogens (tertiary/aromatic N) is 2. The normalized spacial score (nSPS) is 19.7. The van der Waals surface area contributed by atoms with Crippen molar-refractivity contribution >= 4 is 23.2 Å². The lowest BCUT2D eigenvalue weighted by atomic mass is 9.87. The van der Waals surface area contributed by atoms with Gasteiger partial charge in [-0.15, -0.1) is 11.3 Å². The maximum Gasteiger partial charge on any atom is 0.416 e. The minimum atomic E-state index is -4.46. The van der Waals surface area contributed by atoms with Crippen LogP contribution in [-0.2, 0) is 11.0 Å². The molecule has 4 nitrogen and oxygen atoms in total. The Labute approximate surface area is 165 Å². The van der Waals surface area contributed by atoms with Crippen LogP contribution in [0.4, 0.5) is 13.2 Å². The van der Waals surface area contributed by atoms with Crippen molar-refractivity contribution in [2.45, 2.75) is 19.0 Å². The average molecular weight is 410 g/mol. The monoisotopic (exact) mass is 410 g/mol. The van der Waals surface area contributed by atoms with E-state index in [2.05, 4.69) is 0 Å². The molecular formula is C20H21F3N2O2S. The van der Waals surface area contributed by atoms with Crippen LogP contribution < -0.4 is 0 Å². The fraction of sp³-hybridized carbons (Fsp3) is 0.400. The first-order chi connectivity index (χ1) is 13.2. The number of carbonyl (C=O) groups is 2. The van der Waals surface area contributed by atoms with E-state index < -0.39 is 23.6 Å². The van der Waals surface area contributed by atoms with Gasteiger partial charge in [-0.3, -0.25) is 9.59 Å². The summed E-state index contributed by atoms with van der Waals surface area (Å²) in [5, 5.41) is 1.79. The molecule has 3 rings (SSSR count). The van der Waals surface area contributed by atoms with Crippen molar-refractivity contribution in [1.82, 2.24) is 9.80 Å². The number of likely N-dealkylation sites (tertiary alicyclic amines) is 1. The fourth-order valence-electron chi connectivity index (χ4n) is 3.50. The average Bonchev–Trinajstić information content (AvgIpc) is 3.35. The zero-order chi connectivity index (χ0) is 20.5. The Kier molecular flexibility index (Phi) is 5.79. The summed E-state index contributed by atoms with van der Waals surface area (Å²) in [7, 11) is 1.66. The first-order valence-electron chi connectivity index (χ1n) is 8.97. The number of alkyl halides is 3. The van der Waals surface area contributed by atoms with Gasteiger partial charge in [-0.05, 0) is 30.0 Å². The van der Waals surface area contributed by atoms with E-state index in [9.17, 15) is 22.8 Å². The molecule has 1 saturated heterocycles. The molecule has 1 aliphatic rings. The zero-order valence-electron chi connectivity index (χ0n) is 15.6. The molecule has 0 unspecified atom stereocenters. The molecule has 0 bridgehead atoms. The topological polar surface area (TPSA) is 40.6 Å². The SMILES string of the molecule is CCN(C)C(=O)[C@@H]1CN(C(=O)c2cccs2)C[C@H]1c1cccc(C(F)(F)F)c1. The molecule has 28 heavy (non-hydrogen) atoms. The molecule has 2 aromatic rings. The Balaban J connectivity index is 1.94. The minimum Gasteiger partial charge on any atom is -0.346 e. The van der Waals surface area contributed by atoms with E-state index in [0.717, 1.165) is 12.1 Å². The van der Waals surface area contributed by atoms with E-state index in [4.69, 9.17) is 0 Å². The van der Waals surface area contributed by atoms with Gasteiger partial charge in [-0.2, -0.15) is 13.2 Å². The highest BCUT2D eigenvalue weighted by Gasteiger charge is 2.42. The van der Waals surface area contributed by atoms with Gasteiger partial charge in [0.25, 0.3) is 5.91 Å². The number of thiophene rings is 1. The number of hydrogen-bond donors (Lipinski definition) is 0. The Morgan fingerprint density at radius 1 is 1.21 bits per heavy atom. The number of rotatable bonds is 4. The molecule has 1 aromatic carbocycles. The van der Waals surface area contributed by atoms with Gasteiger partial charge in [-0.1, -0.05) is 24.3 Å². The Morgan fingerprint density at radius 3 is 2.57 bits per heavy atom. The Bertz CT molecular complexity index is 851. The third kappa shape index (κ3) is 4.06. The summed E-state index contributed by atoms with van der Waals surface area (Å²) in [5.74, 6) is -1.40. The number of benzene rings is 1. The molecule has 2 heterocycles. The van der Waals surface area contributed by atoms with Crippen LogP contribution in [0.5, 0.6) is 0 Å². The van der Waals surface area contributed by atoms with Crippen LogP contribution in [0.25, 0.3) is 0 Å².